The summed E-state index contributed by atoms with van der Waals surface area (Å²) in [6.07, 6.45) is 4.65. The molecular formula is C15H22N2O. The zero-order chi connectivity index (χ0) is 13.2. The van der Waals surface area contributed by atoms with Gasteiger partial charge in [-0.3, -0.25) is 4.79 Å². The Kier molecular flexibility index (Phi) is 3.71. The Morgan fingerprint density at radius 2 is 2.00 bits per heavy atom. The summed E-state index contributed by atoms with van der Waals surface area (Å²) in [6.45, 7) is 4.03. The number of aryl methyl sites for hydroxylation is 2. The van der Waals surface area contributed by atoms with Crippen LogP contribution in [0, 0.1) is 13.8 Å². The Hall–Kier alpha value is -1.35. The van der Waals surface area contributed by atoms with Crippen molar-refractivity contribution in [3.8, 4) is 0 Å². The van der Waals surface area contributed by atoms with Gasteiger partial charge in [0.15, 0.2) is 0 Å². The highest BCUT2D eigenvalue weighted by atomic mass is 16.1. The van der Waals surface area contributed by atoms with Crippen molar-refractivity contribution in [2.45, 2.75) is 51.5 Å². The second-order valence-electron chi connectivity index (χ2n) is 5.61. The Morgan fingerprint density at radius 3 is 2.67 bits per heavy atom. The predicted octanol–water partition coefficient (Wildman–Crippen LogP) is 2.90. The summed E-state index contributed by atoms with van der Waals surface area (Å²) in [5.41, 5.74) is 9.09. The number of carbonyl (C=O) groups excluding carboxylic acids is 1. The number of rotatable bonds is 3. The molecule has 0 heterocycles. The molecule has 1 saturated carbocycles. The molecule has 1 aromatic rings. The van der Waals surface area contributed by atoms with Crippen molar-refractivity contribution in [2.75, 3.05) is 5.32 Å². The van der Waals surface area contributed by atoms with Crippen molar-refractivity contribution in [1.29, 1.82) is 0 Å². The van der Waals surface area contributed by atoms with Gasteiger partial charge in [-0.15, -0.1) is 0 Å². The van der Waals surface area contributed by atoms with E-state index in [1.165, 1.54) is 0 Å². The Labute approximate surface area is 109 Å². The summed E-state index contributed by atoms with van der Waals surface area (Å²) >= 11 is 0. The number of hydrogen-bond donors (Lipinski definition) is 2. The summed E-state index contributed by atoms with van der Waals surface area (Å²) in [7, 11) is 0. The van der Waals surface area contributed by atoms with Crippen molar-refractivity contribution in [1.82, 2.24) is 0 Å². The van der Waals surface area contributed by atoms with Crippen molar-refractivity contribution < 1.29 is 4.79 Å². The highest BCUT2D eigenvalue weighted by Crippen LogP contribution is 2.30. The SMILES string of the molecule is Cc1ccc(C)c(NC(=O)CC2(N)CCCC2)c1. The zero-order valence-electron chi connectivity index (χ0n) is 11.3. The number of carbonyl (C=O) groups is 1. The number of nitrogens with two attached hydrogens (primary N) is 1. The fourth-order valence-electron chi connectivity index (χ4n) is 2.64. The van der Waals surface area contributed by atoms with E-state index in [1.54, 1.807) is 0 Å². The van der Waals surface area contributed by atoms with Gasteiger partial charge in [0, 0.05) is 17.6 Å². The lowest BCUT2D eigenvalue weighted by Crippen LogP contribution is -2.40. The first kappa shape index (κ1) is 13.1. The van der Waals surface area contributed by atoms with Gasteiger partial charge >= 0.3 is 0 Å². The van der Waals surface area contributed by atoms with E-state index in [2.05, 4.69) is 5.32 Å². The van der Waals surface area contributed by atoms with Crippen LogP contribution in [0.25, 0.3) is 0 Å². The van der Waals surface area contributed by atoms with E-state index in [0.29, 0.717) is 6.42 Å². The average Bonchev–Trinajstić information content (AvgIpc) is 2.70. The molecule has 1 amide bonds. The van der Waals surface area contributed by atoms with Gasteiger partial charge in [0.25, 0.3) is 0 Å². The van der Waals surface area contributed by atoms with Crippen molar-refractivity contribution in [3.05, 3.63) is 29.3 Å². The number of hydrogen-bond acceptors (Lipinski definition) is 2. The van der Waals surface area contributed by atoms with Gasteiger partial charge in [0.2, 0.25) is 5.91 Å². The van der Waals surface area contributed by atoms with E-state index < -0.39 is 0 Å². The molecule has 18 heavy (non-hydrogen) atoms. The van der Waals surface area contributed by atoms with E-state index in [1.807, 2.05) is 32.0 Å². The van der Waals surface area contributed by atoms with Crippen LogP contribution in [-0.4, -0.2) is 11.4 Å². The van der Waals surface area contributed by atoms with E-state index >= 15 is 0 Å². The number of amides is 1. The fourth-order valence-corrected chi connectivity index (χ4v) is 2.64. The van der Waals surface area contributed by atoms with Crippen LogP contribution in [0.1, 0.15) is 43.2 Å². The lowest BCUT2D eigenvalue weighted by Gasteiger charge is -2.22. The van der Waals surface area contributed by atoms with Crippen molar-refractivity contribution >= 4 is 11.6 Å². The molecule has 3 N–H and O–H groups in total. The molecule has 1 fully saturated rings. The van der Waals surface area contributed by atoms with E-state index in [0.717, 1.165) is 42.5 Å². The summed E-state index contributed by atoms with van der Waals surface area (Å²) in [6, 6.07) is 6.08. The lowest BCUT2D eigenvalue weighted by atomic mass is 9.94. The Bertz CT molecular complexity index is 448. The minimum Gasteiger partial charge on any atom is -0.326 e. The predicted molar refractivity (Wildman–Crippen MR) is 74.5 cm³/mol. The smallest absolute Gasteiger partial charge is 0.226 e. The maximum atomic E-state index is 12.0. The first-order valence-corrected chi connectivity index (χ1v) is 6.65. The largest absolute Gasteiger partial charge is 0.326 e. The monoisotopic (exact) mass is 246 g/mol. The minimum atomic E-state index is -0.276. The molecule has 0 atom stereocenters. The van der Waals surface area contributed by atoms with E-state index in [4.69, 9.17) is 5.73 Å². The lowest BCUT2D eigenvalue weighted by molar-refractivity contribution is -0.117. The molecule has 3 heteroatoms. The standard InChI is InChI=1S/C15H22N2O/c1-11-5-6-12(2)13(9-11)17-14(18)10-15(16)7-3-4-8-15/h5-6,9H,3-4,7-8,10,16H2,1-2H3,(H,17,18). The first-order valence-electron chi connectivity index (χ1n) is 6.65. The molecular weight excluding hydrogens is 224 g/mol. The van der Waals surface area contributed by atoms with Crippen LogP contribution < -0.4 is 11.1 Å². The second-order valence-corrected chi connectivity index (χ2v) is 5.61. The molecule has 1 aliphatic rings. The summed E-state index contributed by atoms with van der Waals surface area (Å²) in [5, 5.41) is 2.98. The summed E-state index contributed by atoms with van der Waals surface area (Å²) < 4.78 is 0. The number of anilines is 1. The second kappa shape index (κ2) is 5.11. The minimum absolute atomic E-state index is 0.0353. The van der Waals surface area contributed by atoms with Crippen LogP contribution in [0.2, 0.25) is 0 Å². The van der Waals surface area contributed by atoms with Gasteiger partial charge in [0.05, 0.1) is 0 Å². The molecule has 0 aromatic heterocycles. The normalized spacial score (nSPS) is 17.7. The Balaban J connectivity index is 2.00. The summed E-state index contributed by atoms with van der Waals surface area (Å²) in [5.74, 6) is 0.0353. The molecule has 0 spiro atoms. The van der Waals surface area contributed by atoms with E-state index in [-0.39, 0.29) is 11.4 Å². The maximum Gasteiger partial charge on any atom is 0.226 e. The molecule has 2 rings (SSSR count). The zero-order valence-corrected chi connectivity index (χ0v) is 11.3. The molecule has 0 aliphatic heterocycles. The third-order valence-electron chi connectivity index (χ3n) is 3.78. The highest BCUT2D eigenvalue weighted by molar-refractivity contribution is 5.92. The summed E-state index contributed by atoms with van der Waals surface area (Å²) in [4.78, 5) is 12.0. The molecule has 0 saturated heterocycles. The molecule has 0 bridgehead atoms. The quantitative estimate of drug-likeness (QED) is 0.861. The van der Waals surface area contributed by atoms with Crippen molar-refractivity contribution in [2.24, 2.45) is 5.73 Å². The number of benzene rings is 1. The van der Waals surface area contributed by atoms with Crippen LogP contribution in [0.15, 0.2) is 18.2 Å². The molecule has 98 valence electrons. The molecule has 3 nitrogen and oxygen atoms in total. The highest BCUT2D eigenvalue weighted by Gasteiger charge is 2.31. The third-order valence-corrected chi connectivity index (χ3v) is 3.78. The van der Waals surface area contributed by atoms with Gasteiger partial charge in [-0.05, 0) is 43.9 Å². The molecule has 0 unspecified atom stereocenters. The first-order chi connectivity index (χ1) is 8.48. The van der Waals surface area contributed by atoms with Crippen LogP contribution in [-0.2, 0) is 4.79 Å². The van der Waals surface area contributed by atoms with Gasteiger partial charge in [-0.25, -0.2) is 0 Å². The van der Waals surface area contributed by atoms with Crippen molar-refractivity contribution in [3.63, 3.8) is 0 Å². The third kappa shape index (κ3) is 3.10. The van der Waals surface area contributed by atoms with Crippen LogP contribution in [0.3, 0.4) is 0 Å². The maximum absolute atomic E-state index is 12.0. The van der Waals surface area contributed by atoms with Crippen LogP contribution >= 0.6 is 0 Å². The topological polar surface area (TPSA) is 55.1 Å². The van der Waals surface area contributed by atoms with E-state index in [9.17, 15) is 4.79 Å². The number of nitrogens with one attached hydrogen (secondary N) is 1. The fraction of sp³-hybridized carbons (Fsp3) is 0.533. The van der Waals surface area contributed by atoms with Gasteiger partial charge in [-0.2, -0.15) is 0 Å². The van der Waals surface area contributed by atoms with Gasteiger partial charge in [0.1, 0.15) is 0 Å². The van der Waals surface area contributed by atoms with Crippen LogP contribution in [0.4, 0.5) is 5.69 Å². The van der Waals surface area contributed by atoms with Crippen LogP contribution in [0.5, 0.6) is 0 Å². The molecule has 1 aliphatic carbocycles. The average molecular weight is 246 g/mol. The molecule has 1 aromatic carbocycles. The Morgan fingerprint density at radius 1 is 1.33 bits per heavy atom. The van der Waals surface area contributed by atoms with Gasteiger partial charge in [-0.1, -0.05) is 25.0 Å². The molecule has 0 radical (unpaired) electrons. The van der Waals surface area contributed by atoms with Gasteiger partial charge < -0.3 is 11.1 Å².